The van der Waals surface area contributed by atoms with Crippen molar-refractivity contribution < 1.29 is 4.74 Å². The molecule has 0 saturated carbocycles. The Morgan fingerprint density at radius 3 is 2.75 bits per heavy atom. The van der Waals surface area contributed by atoms with E-state index in [1.54, 1.807) is 25.1 Å². The van der Waals surface area contributed by atoms with Crippen LogP contribution in [0.3, 0.4) is 0 Å². The lowest BCUT2D eigenvalue weighted by Gasteiger charge is -2.16. The number of likely N-dealkylation sites (N-methyl/N-ethyl adjacent to an activating group) is 1. The summed E-state index contributed by atoms with van der Waals surface area (Å²) in [7, 11) is 3.45. The van der Waals surface area contributed by atoms with Crippen LogP contribution in [0.4, 0.5) is 0 Å². The van der Waals surface area contributed by atoms with Crippen molar-refractivity contribution in [3.05, 3.63) is 24.0 Å². The van der Waals surface area contributed by atoms with Crippen LogP contribution in [-0.2, 0) is 4.74 Å². The second kappa shape index (κ2) is 5.39. The van der Waals surface area contributed by atoms with Crippen LogP contribution in [0.5, 0.6) is 0 Å². The molecule has 0 heterocycles. The minimum Gasteiger partial charge on any atom is -0.379 e. The summed E-state index contributed by atoms with van der Waals surface area (Å²) in [6.45, 7) is 6.00. The first-order chi connectivity index (χ1) is 5.61. The lowest BCUT2D eigenvalue weighted by atomic mass is 10.3. The lowest BCUT2D eigenvalue weighted by molar-refractivity contribution is 0.208. The summed E-state index contributed by atoms with van der Waals surface area (Å²) >= 11 is 0. The smallest absolute Gasteiger partial charge is 0.0959 e. The predicted molar refractivity (Wildman–Crippen MR) is 48.1 cm³/mol. The first-order valence-electron chi connectivity index (χ1n) is 3.60. The summed E-state index contributed by atoms with van der Waals surface area (Å²) in [6.07, 6.45) is 1.72. The third-order valence-electron chi connectivity index (χ3n) is 1.37. The zero-order valence-corrected chi connectivity index (χ0v) is 7.79. The number of rotatable bonds is 4. The van der Waals surface area contributed by atoms with Crippen molar-refractivity contribution in [3.63, 3.8) is 0 Å². The molecule has 0 aromatic carbocycles. The molecular weight excluding hydrogens is 152 g/mol. The highest BCUT2D eigenvalue weighted by Crippen LogP contribution is 2.01. The molecule has 0 unspecified atom stereocenters. The number of ether oxygens (including phenoxy) is 1. The van der Waals surface area contributed by atoms with E-state index in [0.717, 1.165) is 5.70 Å². The van der Waals surface area contributed by atoms with E-state index in [4.69, 9.17) is 10.00 Å². The van der Waals surface area contributed by atoms with Gasteiger partial charge in [0.25, 0.3) is 0 Å². The van der Waals surface area contributed by atoms with Crippen molar-refractivity contribution in [2.75, 3.05) is 20.8 Å². The Morgan fingerprint density at radius 1 is 1.75 bits per heavy atom. The SMILES string of the molecule is C=C(COC)N(C)C=C(C)C#N. The molecule has 0 saturated heterocycles. The fourth-order valence-corrected chi connectivity index (χ4v) is 0.679. The van der Waals surface area contributed by atoms with Gasteiger partial charge in [-0.05, 0) is 6.92 Å². The molecule has 0 aliphatic heterocycles. The van der Waals surface area contributed by atoms with Gasteiger partial charge in [-0.1, -0.05) is 6.58 Å². The molecule has 0 rings (SSSR count). The van der Waals surface area contributed by atoms with Crippen LogP contribution >= 0.6 is 0 Å². The second-order valence-electron chi connectivity index (χ2n) is 2.53. The Kier molecular flexibility index (Phi) is 4.82. The summed E-state index contributed by atoms with van der Waals surface area (Å²) < 4.78 is 4.89. The third kappa shape index (κ3) is 3.79. The van der Waals surface area contributed by atoms with Gasteiger partial charge in [0.15, 0.2) is 0 Å². The summed E-state index contributed by atoms with van der Waals surface area (Å²) in [4.78, 5) is 1.78. The molecule has 12 heavy (non-hydrogen) atoms. The van der Waals surface area contributed by atoms with Gasteiger partial charge in [0, 0.05) is 31.6 Å². The number of allylic oxidation sites excluding steroid dienone is 1. The number of hydrogen-bond donors (Lipinski definition) is 0. The molecule has 0 radical (unpaired) electrons. The normalized spacial score (nSPS) is 10.7. The lowest BCUT2D eigenvalue weighted by Crippen LogP contribution is -2.13. The third-order valence-corrected chi connectivity index (χ3v) is 1.37. The van der Waals surface area contributed by atoms with Gasteiger partial charge in [-0.2, -0.15) is 5.26 Å². The average Bonchev–Trinajstić information content (AvgIpc) is 2.04. The number of nitriles is 1. The van der Waals surface area contributed by atoms with Gasteiger partial charge in [0.1, 0.15) is 0 Å². The molecule has 66 valence electrons. The molecule has 0 aromatic rings. The topological polar surface area (TPSA) is 36.3 Å². The minimum absolute atomic E-state index is 0.478. The van der Waals surface area contributed by atoms with E-state index in [-0.39, 0.29) is 0 Å². The van der Waals surface area contributed by atoms with Crippen molar-refractivity contribution in [1.82, 2.24) is 4.90 Å². The van der Waals surface area contributed by atoms with Crippen LogP contribution in [0, 0.1) is 11.3 Å². The molecule has 3 heteroatoms. The molecular formula is C9H14N2O. The highest BCUT2D eigenvalue weighted by atomic mass is 16.5. The first kappa shape index (κ1) is 10.7. The van der Waals surface area contributed by atoms with E-state index in [1.807, 2.05) is 13.1 Å². The number of methoxy groups -OCH3 is 1. The standard InChI is InChI=1S/C9H14N2O/c1-8(5-10)6-11(3)9(2)7-12-4/h6H,2,7H2,1,3-4H3. The van der Waals surface area contributed by atoms with Gasteiger partial charge in [-0.25, -0.2) is 0 Å². The highest BCUT2D eigenvalue weighted by molar-refractivity contribution is 5.18. The molecule has 0 aliphatic rings. The van der Waals surface area contributed by atoms with Crippen molar-refractivity contribution in [2.24, 2.45) is 0 Å². The van der Waals surface area contributed by atoms with Gasteiger partial charge in [-0.3, -0.25) is 0 Å². The largest absolute Gasteiger partial charge is 0.379 e. The Hall–Kier alpha value is -1.27. The molecule has 0 spiro atoms. The van der Waals surface area contributed by atoms with E-state index in [9.17, 15) is 0 Å². The maximum absolute atomic E-state index is 8.49. The van der Waals surface area contributed by atoms with Crippen molar-refractivity contribution in [3.8, 4) is 6.07 Å². The second-order valence-corrected chi connectivity index (χ2v) is 2.53. The van der Waals surface area contributed by atoms with E-state index in [0.29, 0.717) is 12.2 Å². The fraction of sp³-hybridized carbons (Fsp3) is 0.444. The predicted octanol–water partition coefficient (Wildman–Crippen LogP) is 1.51. The molecule has 0 fully saturated rings. The highest BCUT2D eigenvalue weighted by Gasteiger charge is 1.97. The monoisotopic (exact) mass is 166 g/mol. The Balaban J connectivity index is 4.14. The summed E-state index contributed by atoms with van der Waals surface area (Å²) in [6, 6.07) is 2.03. The molecule has 0 amide bonds. The minimum atomic E-state index is 0.478. The average molecular weight is 166 g/mol. The first-order valence-corrected chi connectivity index (χ1v) is 3.60. The van der Waals surface area contributed by atoms with E-state index in [1.165, 1.54) is 0 Å². The van der Waals surface area contributed by atoms with Crippen LogP contribution in [0.15, 0.2) is 24.0 Å². The zero-order valence-electron chi connectivity index (χ0n) is 7.79. The molecule has 3 nitrogen and oxygen atoms in total. The van der Waals surface area contributed by atoms with E-state index < -0.39 is 0 Å². The Morgan fingerprint density at radius 2 is 2.33 bits per heavy atom. The van der Waals surface area contributed by atoms with Crippen LogP contribution in [0.1, 0.15) is 6.92 Å². The van der Waals surface area contributed by atoms with Crippen LogP contribution in [-0.4, -0.2) is 25.7 Å². The van der Waals surface area contributed by atoms with Crippen LogP contribution in [0.25, 0.3) is 0 Å². The van der Waals surface area contributed by atoms with E-state index >= 15 is 0 Å². The van der Waals surface area contributed by atoms with E-state index in [2.05, 4.69) is 6.58 Å². The van der Waals surface area contributed by atoms with Crippen LogP contribution in [0.2, 0.25) is 0 Å². The fourth-order valence-electron chi connectivity index (χ4n) is 0.679. The molecule has 0 N–H and O–H groups in total. The van der Waals surface area contributed by atoms with Gasteiger partial charge in [-0.15, -0.1) is 0 Å². The maximum atomic E-state index is 8.49. The summed E-state index contributed by atoms with van der Waals surface area (Å²) in [5, 5.41) is 8.49. The summed E-state index contributed by atoms with van der Waals surface area (Å²) in [5.41, 5.74) is 1.47. The Labute approximate surface area is 73.5 Å². The van der Waals surface area contributed by atoms with Crippen molar-refractivity contribution in [1.29, 1.82) is 5.26 Å². The molecule has 0 aliphatic carbocycles. The zero-order chi connectivity index (χ0) is 9.56. The molecule has 0 bridgehead atoms. The number of hydrogen-bond acceptors (Lipinski definition) is 3. The quantitative estimate of drug-likeness (QED) is 0.594. The van der Waals surface area contributed by atoms with Crippen molar-refractivity contribution >= 4 is 0 Å². The van der Waals surface area contributed by atoms with Gasteiger partial charge in [0.2, 0.25) is 0 Å². The number of nitrogens with zero attached hydrogens (tertiary/aromatic N) is 2. The van der Waals surface area contributed by atoms with Gasteiger partial charge in [0.05, 0.1) is 12.7 Å². The van der Waals surface area contributed by atoms with Gasteiger partial charge >= 0.3 is 0 Å². The molecule has 0 atom stereocenters. The van der Waals surface area contributed by atoms with Gasteiger partial charge < -0.3 is 9.64 Å². The molecule has 0 aromatic heterocycles. The van der Waals surface area contributed by atoms with Crippen LogP contribution < -0.4 is 0 Å². The maximum Gasteiger partial charge on any atom is 0.0959 e. The Bertz CT molecular complexity index is 225. The summed E-state index contributed by atoms with van der Waals surface area (Å²) in [5.74, 6) is 0. The van der Waals surface area contributed by atoms with Crippen molar-refractivity contribution in [2.45, 2.75) is 6.92 Å².